The van der Waals surface area contributed by atoms with Gasteiger partial charge in [-0.25, -0.2) is 8.42 Å². The fraction of sp³-hybridized carbons (Fsp3) is 0.222. The molecular weight excluding hydrogens is 352 g/mol. The van der Waals surface area contributed by atoms with Crippen molar-refractivity contribution in [2.24, 2.45) is 0 Å². The lowest BCUT2D eigenvalue weighted by molar-refractivity contribution is 0.415. The molecule has 3 aromatic rings. The van der Waals surface area contributed by atoms with E-state index in [4.69, 9.17) is 4.74 Å². The van der Waals surface area contributed by atoms with Crippen LogP contribution in [0.25, 0.3) is 0 Å². The van der Waals surface area contributed by atoms with Gasteiger partial charge in [0.25, 0.3) is 10.0 Å². The average molecular weight is 372 g/mol. The van der Waals surface area contributed by atoms with Gasteiger partial charge in [0.05, 0.1) is 30.7 Å². The third-order valence-electron chi connectivity index (χ3n) is 4.00. The summed E-state index contributed by atoms with van der Waals surface area (Å²) in [6.07, 6.45) is 3.30. The Kier molecular flexibility index (Phi) is 4.94. The summed E-state index contributed by atoms with van der Waals surface area (Å²) in [4.78, 5) is 4.26. The molecule has 0 aliphatic rings. The largest absolute Gasteiger partial charge is 0.497 e. The normalized spacial score (nSPS) is 11.3. The quantitative estimate of drug-likeness (QED) is 0.719. The van der Waals surface area contributed by atoms with Crippen molar-refractivity contribution < 1.29 is 13.2 Å². The van der Waals surface area contributed by atoms with E-state index in [-0.39, 0.29) is 11.4 Å². The Morgan fingerprint density at radius 1 is 1.19 bits per heavy atom. The van der Waals surface area contributed by atoms with E-state index in [2.05, 4.69) is 15.2 Å². The molecular formula is C18H20N4O3S. The Morgan fingerprint density at radius 3 is 2.62 bits per heavy atom. The summed E-state index contributed by atoms with van der Waals surface area (Å²) in [5, 5.41) is 6.77. The number of H-pyrrole nitrogens is 1. The number of benzene rings is 1. The van der Waals surface area contributed by atoms with Gasteiger partial charge in [-0.3, -0.25) is 14.4 Å². The van der Waals surface area contributed by atoms with Crippen LogP contribution in [-0.2, 0) is 16.6 Å². The Bertz CT molecular complexity index is 981. The van der Waals surface area contributed by atoms with Crippen LogP contribution in [0, 0.1) is 13.8 Å². The molecule has 8 heteroatoms. The first kappa shape index (κ1) is 17.9. The molecule has 0 fully saturated rings. The van der Waals surface area contributed by atoms with Gasteiger partial charge in [-0.2, -0.15) is 5.10 Å². The summed E-state index contributed by atoms with van der Waals surface area (Å²) in [6, 6.07) is 10.6. The molecule has 2 heterocycles. The first-order valence-corrected chi connectivity index (χ1v) is 9.44. The predicted molar refractivity (Wildman–Crippen MR) is 98.7 cm³/mol. The molecule has 0 amide bonds. The standard InChI is InChI=1S/C18H20N4O3S/c1-13-18(14(2)21-20-13)26(23,24)22(12-15-6-5-9-19-11-15)16-7-4-8-17(10-16)25-3/h4-11H,12H2,1-3H3,(H,20,21). The molecule has 1 N–H and O–H groups in total. The molecule has 0 radical (unpaired) electrons. The van der Waals surface area contributed by atoms with Crippen LogP contribution in [0.2, 0.25) is 0 Å². The smallest absolute Gasteiger partial charge is 0.268 e. The lowest BCUT2D eigenvalue weighted by atomic mass is 10.2. The van der Waals surface area contributed by atoms with Crippen LogP contribution >= 0.6 is 0 Å². The zero-order valence-corrected chi connectivity index (χ0v) is 15.6. The maximum absolute atomic E-state index is 13.4. The number of methoxy groups -OCH3 is 1. The Labute approximate surface area is 152 Å². The molecule has 0 saturated heterocycles. The molecule has 0 aliphatic heterocycles. The number of ether oxygens (including phenoxy) is 1. The first-order valence-electron chi connectivity index (χ1n) is 8.00. The number of aryl methyl sites for hydroxylation is 2. The Hall–Kier alpha value is -2.87. The molecule has 7 nitrogen and oxygen atoms in total. The molecule has 0 saturated carbocycles. The molecule has 26 heavy (non-hydrogen) atoms. The summed E-state index contributed by atoms with van der Waals surface area (Å²) in [6.45, 7) is 3.51. The molecule has 0 unspecified atom stereocenters. The van der Waals surface area contributed by atoms with E-state index in [1.54, 1.807) is 63.7 Å². The topological polar surface area (TPSA) is 88.2 Å². The van der Waals surface area contributed by atoms with Crippen LogP contribution in [0.4, 0.5) is 5.69 Å². The van der Waals surface area contributed by atoms with Crippen LogP contribution < -0.4 is 9.04 Å². The highest BCUT2D eigenvalue weighted by atomic mass is 32.2. The van der Waals surface area contributed by atoms with Crippen molar-refractivity contribution in [3.8, 4) is 5.75 Å². The first-order chi connectivity index (χ1) is 12.4. The van der Waals surface area contributed by atoms with Crippen molar-refractivity contribution in [1.29, 1.82) is 0 Å². The SMILES string of the molecule is COc1cccc(N(Cc2cccnc2)S(=O)(=O)c2c(C)n[nH]c2C)c1. The van der Waals surface area contributed by atoms with Crippen LogP contribution in [0.5, 0.6) is 5.75 Å². The van der Waals surface area contributed by atoms with Crippen LogP contribution in [0.3, 0.4) is 0 Å². The van der Waals surface area contributed by atoms with Crippen LogP contribution in [-0.4, -0.2) is 30.7 Å². The molecule has 0 aliphatic carbocycles. The number of anilines is 1. The van der Waals surface area contributed by atoms with Gasteiger partial charge in [0, 0.05) is 18.5 Å². The number of rotatable bonds is 6. The van der Waals surface area contributed by atoms with Crippen molar-refractivity contribution >= 4 is 15.7 Å². The second-order valence-corrected chi connectivity index (χ2v) is 7.64. The lowest BCUT2D eigenvalue weighted by Gasteiger charge is -2.25. The molecule has 0 atom stereocenters. The highest BCUT2D eigenvalue weighted by molar-refractivity contribution is 7.92. The third kappa shape index (κ3) is 3.41. The van der Waals surface area contributed by atoms with Gasteiger partial charge in [-0.1, -0.05) is 12.1 Å². The van der Waals surface area contributed by atoms with Gasteiger partial charge in [-0.15, -0.1) is 0 Å². The second-order valence-electron chi connectivity index (χ2n) is 5.84. The summed E-state index contributed by atoms with van der Waals surface area (Å²) in [5.41, 5.74) is 2.22. The zero-order valence-electron chi connectivity index (χ0n) is 14.8. The van der Waals surface area contributed by atoms with E-state index in [1.807, 2.05) is 6.07 Å². The Morgan fingerprint density at radius 2 is 2.00 bits per heavy atom. The molecule has 2 aromatic heterocycles. The second kappa shape index (κ2) is 7.17. The van der Waals surface area contributed by atoms with Crippen molar-refractivity contribution in [1.82, 2.24) is 15.2 Å². The average Bonchev–Trinajstić information content (AvgIpc) is 2.99. The van der Waals surface area contributed by atoms with E-state index in [0.717, 1.165) is 5.56 Å². The number of pyridine rings is 1. The molecule has 1 aromatic carbocycles. The number of nitrogens with one attached hydrogen (secondary N) is 1. The number of hydrogen-bond donors (Lipinski definition) is 1. The minimum Gasteiger partial charge on any atom is -0.497 e. The summed E-state index contributed by atoms with van der Waals surface area (Å²) >= 11 is 0. The monoisotopic (exact) mass is 372 g/mol. The van der Waals surface area contributed by atoms with E-state index in [0.29, 0.717) is 22.8 Å². The summed E-state index contributed by atoms with van der Waals surface area (Å²) < 4.78 is 33.5. The summed E-state index contributed by atoms with van der Waals surface area (Å²) in [5.74, 6) is 0.578. The Balaban J connectivity index is 2.14. The van der Waals surface area contributed by atoms with E-state index >= 15 is 0 Å². The lowest BCUT2D eigenvalue weighted by Crippen LogP contribution is -2.31. The van der Waals surface area contributed by atoms with Gasteiger partial charge in [0.2, 0.25) is 0 Å². The fourth-order valence-electron chi connectivity index (χ4n) is 2.77. The van der Waals surface area contributed by atoms with Gasteiger partial charge < -0.3 is 4.74 Å². The predicted octanol–water partition coefficient (Wildman–Crippen LogP) is 2.83. The number of aromatic nitrogens is 3. The maximum atomic E-state index is 13.4. The molecule has 0 bridgehead atoms. The van der Waals surface area contributed by atoms with Crippen molar-refractivity contribution in [2.45, 2.75) is 25.3 Å². The number of sulfonamides is 1. The zero-order chi connectivity index (χ0) is 18.7. The van der Waals surface area contributed by atoms with E-state index < -0.39 is 10.0 Å². The number of hydrogen-bond acceptors (Lipinski definition) is 5. The fourth-order valence-corrected chi connectivity index (χ4v) is 4.55. The van der Waals surface area contributed by atoms with Gasteiger partial charge in [0.15, 0.2) is 0 Å². The van der Waals surface area contributed by atoms with Crippen molar-refractivity contribution in [3.05, 3.63) is 65.7 Å². The van der Waals surface area contributed by atoms with Gasteiger partial charge >= 0.3 is 0 Å². The minimum atomic E-state index is -3.84. The van der Waals surface area contributed by atoms with Gasteiger partial charge in [0.1, 0.15) is 10.6 Å². The minimum absolute atomic E-state index is 0.146. The van der Waals surface area contributed by atoms with Gasteiger partial charge in [-0.05, 0) is 37.6 Å². The summed E-state index contributed by atoms with van der Waals surface area (Å²) in [7, 11) is -2.29. The maximum Gasteiger partial charge on any atom is 0.268 e. The van der Waals surface area contributed by atoms with E-state index in [9.17, 15) is 8.42 Å². The van der Waals surface area contributed by atoms with E-state index in [1.165, 1.54) is 4.31 Å². The highest BCUT2D eigenvalue weighted by Crippen LogP contribution is 2.30. The number of nitrogens with zero attached hydrogens (tertiary/aromatic N) is 3. The van der Waals surface area contributed by atoms with Crippen molar-refractivity contribution in [3.63, 3.8) is 0 Å². The molecule has 0 spiro atoms. The highest BCUT2D eigenvalue weighted by Gasteiger charge is 2.30. The molecule has 3 rings (SSSR count). The molecule has 136 valence electrons. The number of aromatic amines is 1. The van der Waals surface area contributed by atoms with Crippen molar-refractivity contribution in [2.75, 3.05) is 11.4 Å². The third-order valence-corrected chi connectivity index (χ3v) is 6.04. The van der Waals surface area contributed by atoms with Crippen LogP contribution in [0.15, 0.2) is 53.7 Å². The van der Waals surface area contributed by atoms with Crippen LogP contribution in [0.1, 0.15) is 17.0 Å².